The summed E-state index contributed by atoms with van der Waals surface area (Å²) in [7, 11) is 0. The lowest BCUT2D eigenvalue weighted by atomic mass is 10.00. The van der Waals surface area contributed by atoms with Crippen LogP contribution in [0.15, 0.2) is 24.3 Å². The number of carbonyl (C=O) groups is 1. The van der Waals surface area contributed by atoms with E-state index in [1.54, 1.807) is 0 Å². The lowest BCUT2D eigenvalue weighted by Gasteiger charge is -2.14. The summed E-state index contributed by atoms with van der Waals surface area (Å²) in [5.41, 5.74) is 2.27. The zero-order valence-electron chi connectivity index (χ0n) is 12.1. The second kappa shape index (κ2) is 7.95. The van der Waals surface area contributed by atoms with Gasteiger partial charge < -0.3 is 9.84 Å². The molecule has 0 fully saturated rings. The van der Waals surface area contributed by atoms with Gasteiger partial charge in [0.25, 0.3) is 0 Å². The number of ether oxygens (including phenoxy) is 1. The Labute approximate surface area is 115 Å². The summed E-state index contributed by atoms with van der Waals surface area (Å²) in [6.45, 7) is 6.85. The molecule has 0 spiro atoms. The third-order valence-electron chi connectivity index (χ3n) is 3.16. The number of carboxylic acids is 1. The van der Waals surface area contributed by atoms with Crippen LogP contribution in [0.5, 0.6) is 0 Å². The molecule has 0 unspecified atom stereocenters. The lowest BCUT2D eigenvalue weighted by Crippen LogP contribution is -2.26. The van der Waals surface area contributed by atoms with E-state index in [0.29, 0.717) is 18.9 Å². The lowest BCUT2D eigenvalue weighted by molar-refractivity contribution is -0.150. The first-order valence-corrected chi connectivity index (χ1v) is 6.97. The topological polar surface area (TPSA) is 46.5 Å². The van der Waals surface area contributed by atoms with Crippen LogP contribution in [0.3, 0.4) is 0 Å². The Morgan fingerprint density at radius 1 is 1.26 bits per heavy atom. The van der Waals surface area contributed by atoms with Gasteiger partial charge in [0, 0.05) is 13.0 Å². The average molecular weight is 264 g/mol. The fourth-order valence-electron chi connectivity index (χ4n) is 1.84. The van der Waals surface area contributed by atoms with Gasteiger partial charge in [0.1, 0.15) is 0 Å². The Morgan fingerprint density at radius 3 is 2.37 bits per heavy atom. The predicted molar refractivity (Wildman–Crippen MR) is 76.5 cm³/mol. The maximum atomic E-state index is 11.1. The molecule has 1 atom stereocenters. The number of hydrogen-bond donors (Lipinski definition) is 1. The molecule has 0 aromatic heterocycles. The average Bonchev–Trinajstić information content (AvgIpc) is 2.38. The zero-order chi connectivity index (χ0) is 14.3. The molecule has 0 radical (unpaired) electrons. The number of carboxylic acid groups (broad SMARTS) is 1. The van der Waals surface area contributed by atoms with Gasteiger partial charge in [0.05, 0.1) is 0 Å². The van der Waals surface area contributed by atoms with Gasteiger partial charge in [-0.05, 0) is 23.5 Å². The molecule has 0 bridgehead atoms. The van der Waals surface area contributed by atoms with Gasteiger partial charge in [-0.1, -0.05) is 51.5 Å². The minimum Gasteiger partial charge on any atom is -0.479 e. The molecule has 106 valence electrons. The summed E-state index contributed by atoms with van der Waals surface area (Å²) in [5.74, 6) is -0.394. The van der Waals surface area contributed by atoms with Crippen molar-refractivity contribution in [1.29, 1.82) is 0 Å². The smallest absolute Gasteiger partial charge is 0.333 e. The largest absolute Gasteiger partial charge is 0.479 e. The molecule has 3 nitrogen and oxygen atoms in total. The van der Waals surface area contributed by atoms with Gasteiger partial charge in [-0.2, -0.15) is 0 Å². The molecule has 1 rings (SSSR count). The molecule has 1 aromatic carbocycles. The van der Waals surface area contributed by atoms with Crippen LogP contribution >= 0.6 is 0 Å². The van der Waals surface area contributed by atoms with E-state index in [-0.39, 0.29) is 0 Å². The van der Waals surface area contributed by atoms with Crippen LogP contribution in [0.4, 0.5) is 0 Å². The fraction of sp³-hybridized carbons (Fsp3) is 0.562. The number of rotatable bonds is 8. The summed E-state index contributed by atoms with van der Waals surface area (Å²) < 4.78 is 5.43. The molecule has 0 aliphatic carbocycles. The summed E-state index contributed by atoms with van der Waals surface area (Å²) in [5, 5.41) is 9.15. The first-order chi connectivity index (χ1) is 9.04. The molecular weight excluding hydrogens is 240 g/mol. The van der Waals surface area contributed by atoms with Crippen molar-refractivity contribution in [3.05, 3.63) is 35.4 Å². The Kier molecular flexibility index (Phi) is 6.57. The van der Waals surface area contributed by atoms with Crippen molar-refractivity contribution in [3.63, 3.8) is 0 Å². The molecule has 19 heavy (non-hydrogen) atoms. The second-order valence-electron chi connectivity index (χ2n) is 5.15. The number of hydrogen-bond acceptors (Lipinski definition) is 2. The van der Waals surface area contributed by atoms with E-state index in [1.165, 1.54) is 5.56 Å². The van der Waals surface area contributed by atoms with Gasteiger partial charge in [0.2, 0.25) is 0 Å². The van der Waals surface area contributed by atoms with Crippen LogP contribution < -0.4 is 0 Å². The highest BCUT2D eigenvalue weighted by molar-refractivity contribution is 5.72. The van der Waals surface area contributed by atoms with Crippen molar-refractivity contribution in [1.82, 2.24) is 0 Å². The Balaban J connectivity index is 2.60. The summed E-state index contributed by atoms with van der Waals surface area (Å²) in [6, 6.07) is 8.11. The highest BCUT2D eigenvalue weighted by Gasteiger charge is 2.18. The van der Waals surface area contributed by atoms with Gasteiger partial charge in [-0.25, -0.2) is 4.79 Å². The monoisotopic (exact) mass is 264 g/mol. The standard InChI is InChI=1S/C16H24O3/c1-4-5-10-19-15(16(17)18)11-13-6-8-14(9-7-13)12(2)3/h6-9,12,15H,4-5,10-11H2,1-3H3,(H,17,18)/t15-/m0/s1. The highest BCUT2D eigenvalue weighted by Crippen LogP contribution is 2.16. The number of aliphatic carboxylic acids is 1. The van der Waals surface area contributed by atoms with Crippen molar-refractivity contribution < 1.29 is 14.6 Å². The van der Waals surface area contributed by atoms with Gasteiger partial charge in [-0.3, -0.25) is 0 Å². The van der Waals surface area contributed by atoms with Crippen LogP contribution in [0.1, 0.15) is 50.7 Å². The fourth-order valence-corrected chi connectivity index (χ4v) is 1.84. The molecule has 0 aliphatic rings. The predicted octanol–water partition coefficient (Wildman–Crippen LogP) is 3.62. The van der Waals surface area contributed by atoms with Gasteiger partial charge in [0.15, 0.2) is 6.10 Å². The molecule has 3 heteroatoms. The molecule has 0 saturated heterocycles. The third-order valence-corrected chi connectivity index (χ3v) is 3.16. The van der Waals surface area contributed by atoms with E-state index in [9.17, 15) is 4.79 Å². The quantitative estimate of drug-likeness (QED) is 0.729. The molecule has 1 N–H and O–H groups in total. The van der Waals surface area contributed by atoms with Crippen molar-refractivity contribution in [3.8, 4) is 0 Å². The summed E-state index contributed by atoms with van der Waals surface area (Å²) >= 11 is 0. The Hall–Kier alpha value is -1.35. The molecule has 0 aliphatic heterocycles. The van der Waals surface area contributed by atoms with E-state index in [0.717, 1.165) is 18.4 Å². The molecule has 0 heterocycles. The maximum absolute atomic E-state index is 11.1. The normalized spacial score (nSPS) is 12.6. The molecule has 0 saturated carbocycles. The van der Waals surface area contributed by atoms with Gasteiger partial charge in [-0.15, -0.1) is 0 Å². The van der Waals surface area contributed by atoms with Crippen molar-refractivity contribution in [2.24, 2.45) is 0 Å². The van der Waals surface area contributed by atoms with Gasteiger partial charge >= 0.3 is 5.97 Å². The van der Waals surface area contributed by atoms with E-state index in [1.807, 2.05) is 12.1 Å². The van der Waals surface area contributed by atoms with E-state index in [4.69, 9.17) is 9.84 Å². The second-order valence-corrected chi connectivity index (χ2v) is 5.15. The minimum atomic E-state index is -0.885. The van der Waals surface area contributed by atoms with E-state index in [2.05, 4.69) is 32.9 Å². The van der Waals surface area contributed by atoms with Crippen molar-refractivity contribution >= 4 is 5.97 Å². The SMILES string of the molecule is CCCCO[C@@H](Cc1ccc(C(C)C)cc1)C(=O)O. The minimum absolute atomic E-state index is 0.428. The van der Waals surface area contributed by atoms with Crippen molar-refractivity contribution in [2.75, 3.05) is 6.61 Å². The van der Waals surface area contributed by atoms with E-state index >= 15 is 0 Å². The van der Waals surface area contributed by atoms with Crippen LogP contribution in [-0.4, -0.2) is 23.8 Å². The van der Waals surface area contributed by atoms with Crippen molar-refractivity contribution in [2.45, 2.75) is 52.1 Å². The maximum Gasteiger partial charge on any atom is 0.333 e. The first kappa shape index (κ1) is 15.7. The molecular formula is C16H24O3. The van der Waals surface area contributed by atoms with Crippen LogP contribution in [-0.2, 0) is 16.0 Å². The Bertz CT molecular complexity index is 381. The summed E-state index contributed by atoms with van der Waals surface area (Å²) in [6.07, 6.45) is 1.60. The molecule has 1 aromatic rings. The third kappa shape index (κ3) is 5.43. The Morgan fingerprint density at radius 2 is 1.89 bits per heavy atom. The van der Waals surface area contributed by atoms with Crippen LogP contribution in [0.2, 0.25) is 0 Å². The van der Waals surface area contributed by atoms with Crippen LogP contribution in [0.25, 0.3) is 0 Å². The van der Waals surface area contributed by atoms with Crippen LogP contribution in [0, 0.1) is 0 Å². The highest BCUT2D eigenvalue weighted by atomic mass is 16.5. The molecule has 0 amide bonds. The summed E-state index contributed by atoms with van der Waals surface area (Å²) in [4.78, 5) is 11.1. The zero-order valence-corrected chi connectivity index (χ0v) is 12.1. The number of unbranched alkanes of at least 4 members (excludes halogenated alkanes) is 1. The first-order valence-electron chi connectivity index (χ1n) is 6.97. The van der Waals surface area contributed by atoms with E-state index < -0.39 is 12.1 Å². The number of benzene rings is 1.